The molecule has 0 spiro atoms. The van der Waals surface area contributed by atoms with Crippen LogP contribution in [-0.4, -0.2) is 34.7 Å². The first-order valence-electron chi connectivity index (χ1n) is 5.10. The molecule has 0 radical (unpaired) electrons. The van der Waals surface area contributed by atoms with E-state index in [-0.39, 0.29) is 6.10 Å². The summed E-state index contributed by atoms with van der Waals surface area (Å²) in [6.07, 6.45) is 3.28. The fraction of sp³-hybridized carbons (Fsp3) is 1.00. The lowest BCUT2D eigenvalue weighted by atomic mass is 10.1. The van der Waals surface area contributed by atoms with E-state index >= 15 is 0 Å². The molecular weight excluding hydrogens is 150 g/mol. The Morgan fingerprint density at radius 1 is 1.42 bits per heavy atom. The van der Waals surface area contributed by atoms with E-state index in [9.17, 15) is 5.11 Å². The fourth-order valence-electron chi connectivity index (χ4n) is 2.29. The minimum atomic E-state index is -0.0765. The first-order valence-corrected chi connectivity index (χ1v) is 5.10. The average molecular weight is 171 g/mol. The fourth-order valence-corrected chi connectivity index (χ4v) is 2.29. The number of aliphatic hydroxyl groups excluding tert-OH is 1. The first kappa shape index (κ1) is 10.0. The predicted octanol–water partition coefficient (Wildman–Crippen LogP) is 1.63. The van der Waals surface area contributed by atoms with Gasteiger partial charge in [-0.1, -0.05) is 6.92 Å². The van der Waals surface area contributed by atoms with Gasteiger partial charge in [0.05, 0.1) is 6.10 Å². The second kappa shape index (κ2) is 4.24. The largest absolute Gasteiger partial charge is 0.391 e. The van der Waals surface area contributed by atoms with Crippen molar-refractivity contribution in [3.05, 3.63) is 0 Å². The molecule has 1 N–H and O–H groups in total. The van der Waals surface area contributed by atoms with Crippen LogP contribution in [0.25, 0.3) is 0 Å². The highest BCUT2D eigenvalue weighted by Gasteiger charge is 2.30. The van der Waals surface area contributed by atoms with E-state index in [0.717, 1.165) is 13.0 Å². The van der Waals surface area contributed by atoms with Gasteiger partial charge in [-0.25, -0.2) is 0 Å². The van der Waals surface area contributed by atoms with Gasteiger partial charge in [0.2, 0.25) is 0 Å². The van der Waals surface area contributed by atoms with E-state index in [1.165, 1.54) is 12.8 Å². The summed E-state index contributed by atoms with van der Waals surface area (Å²) in [5, 5.41) is 9.70. The van der Waals surface area contributed by atoms with Crippen LogP contribution in [0.15, 0.2) is 0 Å². The molecule has 1 aliphatic rings. The molecule has 2 atom stereocenters. The summed E-state index contributed by atoms with van der Waals surface area (Å²) in [7, 11) is 0. The van der Waals surface area contributed by atoms with Gasteiger partial charge in [-0.05, 0) is 39.7 Å². The van der Waals surface area contributed by atoms with E-state index in [1.54, 1.807) is 0 Å². The van der Waals surface area contributed by atoms with Crippen molar-refractivity contribution in [2.45, 2.75) is 58.2 Å². The summed E-state index contributed by atoms with van der Waals surface area (Å²) in [5.41, 5.74) is 0. The summed E-state index contributed by atoms with van der Waals surface area (Å²) < 4.78 is 0. The Morgan fingerprint density at radius 2 is 2.08 bits per heavy atom. The van der Waals surface area contributed by atoms with Crippen molar-refractivity contribution in [3.63, 3.8) is 0 Å². The Balaban J connectivity index is 2.52. The van der Waals surface area contributed by atoms with Gasteiger partial charge in [0.1, 0.15) is 0 Å². The van der Waals surface area contributed by atoms with Crippen molar-refractivity contribution < 1.29 is 5.11 Å². The Morgan fingerprint density at radius 3 is 2.42 bits per heavy atom. The van der Waals surface area contributed by atoms with Crippen molar-refractivity contribution in [2.75, 3.05) is 6.54 Å². The van der Waals surface area contributed by atoms with Crippen molar-refractivity contribution in [1.82, 2.24) is 4.90 Å². The summed E-state index contributed by atoms with van der Waals surface area (Å²) >= 11 is 0. The van der Waals surface area contributed by atoms with E-state index in [4.69, 9.17) is 0 Å². The number of hydrogen-bond donors (Lipinski definition) is 1. The molecule has 1 saturated carbocycles. The molecule has 0 bridgehead atoms. The smallest absolute Gasteiger partial charge is 0.0695 e. The molecule has 0 saturated heterocycles. The normalized spacial score (nSPS) is 30.5. The molecule has 0 aromatic carbocycles. The predicted molar refractivity (Wildman–Crippen MR) is 51.2 cm³/mol. The van der Waals surface area contributed by atoms with Crippen LogP contribution in [0.2, 0.25) is 0 Å². The zero-order valence-electron chi connectivity index (χ0n) is 8.45. The summed E-state index contributed by atoms with van der Waals surface area (Å²) in [5.74, 6) is 0. The molecule has 0 aliphatic heterocycles. The molecule has 1 aliphatic carbocycles. The zero-order valence-corrected chi connectivity index (χ0v) is 8.45. The molecule has 0 aromatic rings. The van der Waals surface area contributed by atoms with Crippen LogP contribution in [0.5, 0.6) is 0 Å². The first-order chi connectivity index (χ1) is 5.66. The molecule has 1 fully saturated rings. The lowest BCUT2D eigenvalue weighted by molar-refractivity contribution is 0.0556. The van der Waals surface area contributed by atoms with Gasteiger partial charge in [0, 0.05) is 12.1 Å². The van der Waals surface area contributed by atoms with E-state index in [2.05, 4.69) is 25.7 Å². The van der Waals surface area contributed by atoms with Crippen molar-refractivity contribution >= 4 is 0 Å². The third-order valence-corrected chi connectivity index (χ3v) is 2.90. The maximum atomic E-state index is 9.70. The minimum absolute atomic E-state index is 0.0765. The molecule has 72 valence electrons. The number of rotatable bonds is 3. The number of likely N-dealkylation sites (N-methyl/N-ethyl adjacent to an activating group) is 1. The number of aliphatic hydroxyl groups is 1. The summed E-state index contributed by atoms with van der Waals surface area (Å²) in [6.45, 7) is 7.63. The van der Waals surface area contributed by atoms with Crippen LogP contribution in [-0.2, 0) is 0 Å². The maximum absolute atomic E-state index is 9.70. The van der Waals surface area contributed by atoms with Crippen molar-refractivity contribution in [3.8, 4) is 0 Å². The summed E-state index contributed by atoms with van der Waals surface area (Å²) in [6, 6.07) is 0.989. The molecule has 0 aromatic heterocycles. The van der Waals surface area contributed by atoms with Crippen LogP contribution < -0.4 is 0 Å². The second-order valence-electron chi connectivity index (χ2n) is 3.99. The topological polar surface area (TPSA) is 23.5 Å². The molecule has 12 heavy (non-hydrogen) atoms. The molecule has 2 nitrogen and oxygen atoms in total. The average Bonchev–Trinajstić information content (AvgIpc) is 2.38. The molecule has 0 heterocycles. The Hall–Kier alpha value is -0.0800. The van der Waals surface area contributed by atoms with Gasteiger partial charge >= 0.3 is 0 Å². The highest BCUT2D eigenvalue weighted by molar-refractivity contribution is 4.85. The third-order valence-electron chi connectivity index (χ3n) is 2.90. The lowest BCUT2D eigenvalue weighted by Crippen LogP contribution is -2.44. The van der Waals surface area contributed by atoms with Gasteiger partial charge in [-0.2, -0.15) is 0 Å². The molecule has 1 rings (SSSR count). The van der Waals surface area contributed by atoms with E-state index < -0.39 is 0 Å². The summed E-state index contributed by atoms with van der Waals surface area (Å²) in [4.78, 5) is 2.40. The van der Waals surface area contributed by atoms with Crippen LogP contribution in [0.3, 0.4) is 0 Å². The highest BCUT2D eigenvalue weighted by Crippen LogP contribution is 2.25. The quantitative estimate of drug-likeness (QED) is 0.697. The van der Waals surface area contributed by atoms with Gasteiger partial charge < -0.3 is 5.11 Å². The molecule has 2 heteroatoms. The SMILES string of the molecule is CCN(C(C)C)C1CCCC1O. The van der Waals surface area contributed by atoms with Crippen LogP contribution >= 0.6 is 0 Å². The van der Waals surface area contributed by atoms with Crippen molar-refractivity contribution in [2.24, 2.45) is 0 Å². The van der Waals surface area contributed by atoms with Gasteiger partial charge in [0.25, 0.3) is 0 Å². The molecule has 0 amide bonds. The maximum Gasteiger partial charge on any atom is 0.0695 e. The van der Waals surface area contributed by atoms with Crippen LogP contribution in [0.4, 0.5) is 0 Å². The van der Waals surface area contributed by atoms with Gasteiger partial charge in [0.15, 0.2) is 0 Å². The Labute approximate surface area is 75.6 Å². The van der Waals surface area contributed by atoms with Gasteiger partial charge in [-0.15, -0.1) is 0 Å². The second-order valence-corrected chi connectivity index (χ2v) is 3.99. The number of nitrogens with zero attached hydrogens (tertiary/aromatic N) is 1. The van der Waals surface area contributed by atoms with Crippen LogP contribution in [0.1, 0.15) is 40.0 Å². The highest BCUT2D eigenvalue weighted by atomic mass is 16.3. The minimum Gasteiger partial charge on any atom is -0.391 e. The van der Waals surface area contributed by atoms with Crippen molar-refractivity contribution in [1.29, 1.82) is 0 Å². The van der Waals surface area contributed by atoms with E-state index in [0.29, 0.717) is 12.1 Å². The lowest BCUT2D eigenvalue weighted by Gasteiger charge is -2.33. The third kappa shape index (κ3) is 1.99. The number of hydrogen-bond acceptors (Lipinski definition) is 2. The standard InChI is InChI=1S/C10H21NO/c1-4-11(8(2)3)9-6-5-7-10(9)12/h8-10,12H,4-7H2,1-3H3. The molecule has 2 unspecified atom stereocenters. The van der Waals surface area contributed by atoms with E-state index in [1.807, 2.05) is 0 Å². The zero-order chi connectivity index (χ0) is 9.14. The van der Waals surface area contributed by atoms with Crippen LogP contribution in [0, 0.1) is 0 Å². The monoisotopic (exact) mass is 171 g/mol. The Bertz CT molecular complexity index is 136. The Kier molecular flexibility index (Phi) is 3.53. The van der Waals surface area contributed by atoms with Gasteiger partial charge in [-0.3, -0.25) is 4.90 Å². The molecular formula is C10H21NO.